The van der Waals surface area contributed by atoms with Gasteiger partial charge in [-0.25, -0.2) is 14.0 Å². The largest absolute Gasteiger partial charge is 0.513 e. The van der Waals surface area contributed by atoms with Crippen LogP contribution in [0.5, 0.6) is 5.75 Å². The molecule has 0 spiro atoms. The number of aromatic nitrogens is 1. The molecule has 4 rings (SSSR count). The highest BCUT2D eigenvalue weighted by atomic mass is 35.5. The summed E-state index contributed by atoms with van der Waals surface area (Å²) < 4.78 is 72.7. The molecule has 200 valence electrons. The van der Waals surface area contributed by atoms with E-state index in [4.69, 9.17) is 16.0 Å². The number of carbonyl (C=O) groups is 1. The molecule has 0 fully saturated rings. The second kappa shape index (κ2) is 9.80. The van der Waals surface area contributed by atoms with Gasteiger partial charge < -0.3 is 19.0 Å². The van der Waals surface area contributed by atoms with Gasteiger partial charge in [0.25, 0.3) is 0 Å². The fourth-order valence-electron chi connectivity index (χ4n) is 4.20. The van der Waals surface area contributed by atoms with Crippen LogP contribution in [0, 0.1) is 5.82 Å². The molecule has 0 saturated heterocycles. The van der Waals surface area contributed by atoms with Gasteiger partial charge in [0.05, 0.1) is 12.6 Å². The summed E-state index contributed by atoms with van der Waals surface area (Å²) in [6, 6.07) is 11.0. The molecule has 0 amide bonds. The summed E-state index contributed by atoms with van der Waals surface area (Å²) in [5, 5.41) is 11.1. The standard InChI is InChI=1S/C26H20ClF4NO6/c1-13(25(35,26(29,30)31)16-6-9-22-20(12-16)32(2)23(33)37-22)17-7-4-14(10-18(17)27)15-5-8-21(19(28)11-15)38-24(34)36-3/h4-13,35H,1-3H3. The zero-order chi connectivity index (χ0) is 28.0. The summed E-state index contributed by atoms with van der Waals surface area (Å²) in [7, 11) is 2.40. The molecule has 3 aromatic carbocycles. The van der Waals surface area contributed by atoms with Crippen LogP contribution in [0.4, 0.5) is 22.4 Å². The third-order valence-electron chi connectivity index (χ3n) is 6.38. The van der Waals surface area contributed by atoms with Gasteiger partial charge in [0.15, 0.2) is 22.8 Å². The van der Waals surface area contributed by atoms with Crippen molar-refractivity contribution in [2.45, 2.75) is 24.6 Å². The van der Waals surface area contributed by atoms with E-state index < -0.39 is 41.0 Å². The number of benzene rings is 3. The molecule has 38 heavy (non-hydrogen) atoms. The van der Waals surface area contributed by atoms with Crippen molar-refractivity contribution in [2.75, 3.05) is 7.11 Å². The number of aryl methyl sites for hydroxylation is 1. The molecular weight excluding hydrogens is 534 g/mol. The lowest BCUT2D eigenvalue weighted by molar-refractivity contribution is -0.274. The minimum Gasteiger partial charge on any atom is -0.437 e. The number of aliphatic hydroxyl groups is 1. The van der Waals surface area contributed by atoms with Crippen molar-refractivity contribution in [1.82, 2.24) is 4.57 Å². The predicted molar refractivity (Wildman–Crippen MR) is 130 cm³/mol. The number of hydrogen-bond acceptors (Lipinski definition) is 6. The maximum Gasteiger partial charge on any atom is 0.513 e. The molecule has 0 bridgehead atoms. The second-order valence-corrected chi connectivity index (χ2v) is 8.94. The maximum atomic E-state index is 14.4. The van der Waals surface area contributed by atoms with Crippen molar-refractivity contribution in [3.05, 3.63) is 87.1 Å². The lowest BCUT2D eigenvalue weighted by Crippen LogP contribution is -2.46. The van der Waals surface area contributed by atoms with Crippen LogP contribution in [0.3, 0.4) is 0 Å². The van der Waals surface area contributed by atoms with Crippen LogP contribution in [0.15, 0.2) is 63.8 Å². The number of halogens is 5. The van der Waals surface area contributed by atoms with E-state index in [1.54, 1.807) is 0 Å². The lowest BCUT2D eigenvalue weighted by atomic mass is 9.77. The summed E-state index contributed by atoms with van der Waals surface area (Å²) >= 11 is 6.38. The summed E-state index contributed by atoms with van der Waals surface area (Å²) in [6.45, 7) is 1.17. The van der Waals surface area contributed by atoms with Crippen LogP contribution >= 0.6 is 11.6 Å². The highest BCUT2D eigenvalue weighted by Crippen LogP contribution is 2.50. The first kappa shape index (κ1) is 27.2. The van der Waals surface area contributed by atoms with E-state index in [-0.39, 0.29) is 27.4 Å². The minimum absolute atomic E-state index is 0.0254. The fraction of sp³-hybridized carbons (Fsp3) is 0.231. The Bertz CT molecular complexity index is 1600. The third kappa shape index (κ3) is 4.63. The monoisotopic (exact) mass is 553 g/mol. The van der Waals surface area contributed by atoms with Crippen molar-refractivity contribution in [3.63, 3.8) is 0 Å². The van der Waals surface area contributed by atoms with Gasteiger partial charge in [0.1, 0.15) is 0 Å². The molecule has 1 heterocycles. The van der Waals surface area contributed by atoms with Crippen LogP contribution in [-0.4, -0.2) is 29.1 Å². The van der Waals surface area contributed by atoms with Crippen molar-refractivity contribution in [3.8, 4) is 16.9 Å². The van der Waals surface area contributed by atoms with Gasteiger partial charge in [-0.05, 0) is 52.6 Å². The Labute approximate surface area is 217 Å². The summed E-state index contributed by atoms with van der Waals surface area (Å²) in [6.07, 6.45) is -6.24. The van der Waals surface area contributed by atoms with Gasteiger partial charge in [0, 0.05) is 18.0 Å². The first-order valence-electron chi connectivity index (χ1n) is 11.0. The average molecular weight is 554 g/mol. The number of fused-ring (bicyclic) bond motifs is 1. The van der Waals surface area contributed by atoms with Gasteiger partial charge in [-0.15, -0.1) is 0 Å². The number of rotatable bonds is 5. The molecule has 0 saturated carbocycles. The Morgan fingerprint density at radius 1 is 1.08 bits per heavy atom. The van der Waals surface area contributed by atoms with E-state index in [1.165, 1.54) is 50.4 Å². The van der Waals surface area contributed by atoms with Gasteiger partial charge >= 0.3 is 18.1 Å². The van der Waals surface area contributed by atoms with Crippen LogP contribution in [0.2, 0.25) is 5.02 Å². The van der Waals surface area contributed by atoms with E-state index in [2.05, 4.69) is 9.47 Å². The molecule has 0 aliphatic heterocycles. The average Bonchev–Trinajstić information content (AvgIpc) is 3.16. The third-order valence-corrected chi connectivity index (χ3v) is 6.71. The van der Waals surface area contributed by atoms with E-state index >= 15 is 0 Å². The van der Waals surface area contributed by atoms with Crippen LogP contribution in [-0.2, 0) is 17.4 Å². The summed E-state index contributed by atoms with van der Waals surface area (Å²) in [5.74, 6) is -3.62. The topological polar surface area (TPSA) is 90.9 Å². The Morgan fingerprint density at radius 2 is 1.74 bits per heavy atom. The van der Waals surface area contributed by atoms with E-state index in [0.717, 1.165) is 29.9 Å². The van der Waals surface area contributed by atoms with Crippen molar-refractivity contribution in [2.24, 2.45) is 7.05 Å². The predicted octanol–water partition coefficient (Wildman–Crippen LogP) is 6.29. The van der Waals surface area contributed by atoms with Gasteiger partial charge in [-0.3, -0.25) is 4.57 Å². The molecule has 2 atom stereocenters. The van der Waals surface area contributed by atoms with Crippen LogP contribution in [0.1, 0.15) is 24.0 Å². The molecule has 0 aliphatic carbocycles. The Morgan fingerprint density at radius 3 is 2.34 bits per heavy atom. The molecule has 0 aliphatic rings. The van der Waals surface area contributed by atoms with E-state index in [9.17, 15) is 32.3 Å². The first-order chi connectivity index (χ1) is 17.8. The second-order valence-electron chi connectivity index (χ2n) is 8.53. The smallest absolute Gasteiger partial charge is 0.437 e. The van der Waals surface area contributed by atoms with Gasteiger partial charge in [0.2, 0.25) is 0 Å². The number of hydrogen-bond donors (Lipinski definition) is 1. The normalized spacial score (nSPS) is 14.2. The fourth-order valence-corrected chi connectivity index (χ4v) is 4.54. The van der Waals surface area contributed by atoms with E-state index in [0.29, 0.717) is 11.1 Å². The number of alkyl halides is 3. The van der Waals surface area contributed by atoms with Crippen molar-refractivity contribution >= 4 is 28.9 Å². The maximum absolute atomic E-state index is 14.4. The number of ether oxygens (including phenoxy) is 2. The Balaban J connectivity index is 1.74. The number of oxazole rings is 1. The quantitative estimate of drug-likeness (QED) is 0.177. The van der Waals surface area contributed by atoms with Gasteiger partial charge in [-0.2, -0.15) is 13.2 Å². The van der Waals surface area contributed by atoms with Crippen molar-refractivity contribution < 1.29 is 41.4 Å². The number of carbonyl (C=O) groups excluding carboxylic acids is 1. The molecule has 0 radical (unpaired) electrons. The molecule has 7 nitrogen and oxygen atoms in total. The highest BCUT2D eigenvalue weighted by molar-refractivity contribution is 6.31. The van der Waals surface area contributed by atoms with Gasteiger partial charge in [-0.1, -0.05) is 42.8 Å². The Kier molecular flexibility index (Phi) is 7.02. The zero-order valence-corrected chi connectivity index (χ0v) is 20.9. The van der Waals surface area contributed by atoms with Crippen LogP contribution in [0.25, 0.3) is 22.2 Å². The van der Waals surface area contributed by atoms with Crippen molar-refractivity contribution in [1.29, 1.82) is 0 Å². The Hall–Kier alpha value is -3.83. The zero-order valence-electron chi connectivity index (χ0n) is 20.1. The molecule has 4 aromatic rings. The summed E-state index contributed by atoms with van der Waals surface area (Å²) in [5.41, 5.74) is -3.12. The molecule has 12 heteroatoms. The SMILES string of the molecule is COC(=O)Oc1ccc(-c2ccc(C(C)C(O)(c3ccc4oc(=O)n(C)c4c3)C(F)(F)F)c(Cl)c2)cc1F. The van der Waals surface area contributed by atoms with Crippen LogP contribution < -0.4 is 10.5 Å². The summed E-state index contributed by atoms with van der Waals surface area (Å²) in [4.78, 5) is 23.0. The number of methoxy groups -OCH3 is 1. The molecule has 2 unspecified atom stereocenters. The number of nitrogens with zero attached hydrogens (tertiary/aromatic N) is 1. The first-order valence-corrected chi connectivity index (χ1v) is 11.4. The highest BCUT2D eigenvalue weighted by Gasteiger charge is 2.59. The molecular formula is C26H20ClF4NO6. The minimum atomic E-state index is -5.14. The molecule has 1 N–H and O–H groups in total. The molecule has 1 aromatic heterocycles. The lowest BCUT2D eigenvalue weighted by Gasteiger charge is -2.37. The van der Waals surface area contributed by atoms with E-state index in [1.807, 2.05) is 0 Å².